The zero-order valence-electron chi connectivity index (χ0n) is 10.2. The molecule has 2 aromatic rings. The lowest BCUT2D eigenvalue weighted by Crippen LogP contribution is -2.12. The third-order valence-corrected chi connectivity index (χ3v) is 3.26. The van der Waals surface area contributed by atoms with Gasteiger partial charge in [-0.15, -0.1) is 0 Å². The Morgan fingerprint density at radius 3 is 2.61 bits per heavy atom. The van der Waals surface area contributed by atoms with Crippen molar-refractivity contribution in [1.82, 2.24) is 5.32 Å². The fraction of sp³-hybridized carbons (Fsp3) is 0.200. The van der Waals surface area contributed by atoms with Crippen LogP contribution in [-0.2, 0) is 6.54 Å². The molecule has 0 bridgehead atoms. The minimum atomic E-state index is -0.158. The normalized spacial score (nSPS) is 10.6. The van der Waals surface area contributed by atoms with E-state index in [1.807, 2.05) is 43.3 Å². The fourth-order valence-corrected chi connectivity index (χ4v) is 2.22. The predicted octanol–water partition coefficient (Wildman–Crippen LogP) is 4.36. The monoisotopic (exact) mass is 307 g/mol. The van der Waals surface area contributed by atoms with Gasteiger partial charge in [-0.2, -0.15) is 0 Å². The quantitative estimate of drug-likeness (QED) is 0.884. The maximum atomic E-state index is 13.6. The highest BCUT2D eigenvalue weighted by atomic mass is 79.9. The van der Waals surface area contributed by atoms with E-state index in [1.54, 1.807) is 0 Å². The summed E-state index contributed by atoms with van der Waals surface area (Å²) in [5, 5.41) is 3.15. The lowest BCUT2D eigenvalue weighted by Gasteiger charge is -2.08. The van der Waals surface area contributed by atoms with Gasteiger partial charge in [0.25, 0.3) is 0 Å². The van der Waals surface area contributed by atoms with E-state index in [4.69, 9.17) is 0 Å². The summed E-state index contributed by atoms with van der Waals surface area (Å²) < 4.78 is 14.7. The molecule has 0 aliphatic rings. The van der Waals surface area contributed by atoms with Crippen molar-refractivity contribution in [2.75, 3.05) is 6.54 Å². The number of benzene rings is 2. The fourth-order valence-electron chi connectivity index (χ4n) is 1.82. The second kappa shape index (κ2) is 6.12. The molecule has 0 heterocycles. The standard InChI is InChI=1S/C15H15BrFN/c1-2-18-10-13-8-12(6-7-15(13)17)11-4-3-5-14(16)9-11/h3-9,18H,2,10H2,1H3. The molecule has 0 aliphatic carbocycles. The molecule has 0 radical (unpaired) electrons. The van der Waals surface area contributed by atoms with Gasteiger partial charge in [-0.25, -0.2) is 4.39 Å². The van der Waals surface area contributed by atoms with Gasteiger partial charge in [0, 0.05) is 16.6 Å². The second-order valence-corrected chi connectivity index (χ2v) is 5.01. The van der Waals surface area contributed by atoms with Crippen LogP contribution < -0.4 is 5.32 Å². The smallest absolute Gasteiger partial charge is 0.127 e. The molecule has 0 saturated carbocycles. The first-order valence-corrected chi connectivity index (χ1v) is 6.75. The van der Waals surface area contributed by atoms with Crippen LogP contribution in [0, 0.1) is 5.82 Å². The number of halogens is 2. The van der Waals surface area contributed by atoms with Gasteiger partial charge < -0.3 is 5.32 Å². The molecule has 0 aliphatic heterocycles. The average molecular weight is 308 g/mol. The van der Waals surface area contributed by atoms with E-state index in [0.717, 1.165) is 22.1 Å². The van der Waals surface area contributed by atoms with Crippen LogP contribution in [-0.4, -0.2) is 6.54 Å². The lowest BCUT2D eigenvalue weighted by atomic mass is 10.0. The first-order chi connectivity index (χ1) is 8.70. The zero-order chi connectivity index (χ0) is 13.0. The van der Waals surface area contributed by atoms with Gasteiger partial charge in [0.15, 0.2) is 0 Å². The molecule has 0 unspecified atom stereocenters. The van der Waals surface area contributed by atoms with E-state index in [2.05, 4.69) is 21.2 Å². The maximum Gasteiger partial charge on any atom is 0.127 e. The van der Waals surface area contributed by atoms with Crippen molar-refractivity contribution in [3.8, 4) is 11.1 Å². The summed E-state index contributed by atoms with van der Waals surface area (Å²) in [6.45, 7) is 3.40. The van der Waals surface area contributed by atoms with Crippen molar-refractivity contribution in [1.29, 1.82) is 0 Å². The molecule has 0 saturated heterocycles. The Morgan fingerprint density at radius 2 is 1.89 bits per heavy atom. The van der Waals surface area contributed by atoms with Crippen LogP contribution >= 0.6 is 15.9 Å². The first kappa shape index (κ1) is 13.2. The van der Waals surface area contributed by atoms with Crippen LogP contribution in [0.3, 0.4) is 0 Å². The molecule has 18 heavy (non-hydrogen) atoms. The minimum Gasteiger partial charge on any atom is -0.313 e. The van der Waals surface area contributed by atoms with Crippen molar-refractivity contribution in [2.45, 2.75) is 13.5 Å². The van der Waals surface area contributed by atoms with Gasteiger partial charge in [-0.05, 0) is 41.9 Å². The van der Waals surface area contributed by atoms with Crippen LogP contribution in [0.2, 0.25) is 0 Å². The van der Waals surface area contributed by atoms with Gasteiger partial charge >= 0.3 is 0 Å². The molecular weight excluding hydrogens is 293 g/mol. The van der Waals surface area contributed by atoms with E-state index in [0.29, 0.717) is 12.1 Å². The number of nitrogens with one attached hydrogen (secondary N) is 1. The summed E-state index contributed by atoms with van der Waals surface area (Å²) in [5.41, 5.74) is 2.82. The highest BCUT2D eigenvalue weighted by Crippen LogP contribution is 2.24. The van der Waals surface area contributed by atoms with Crippen molar-refractivity contribution in [3.63, 3.8) is 0 Å². The molecule has 0 spiro atoms. The topological polar surface area (TPSA) is 12.0 Å². The SMILES string of the molecule is CCNCc1cc(-c2cccc(Br)c2)ccc1F. The molecule has 94 valence electrons. The molecule has 1 N–H and O–H groups in total. The van der Waals surface area contributed by atoms with Gasteiger partial charge in [-0.1, -0.05) is 41.1 Å². The summed E-state index contributed by atoms with van der Waals surface area (Å²) in [7, 11) is 0. The average Bonchev–Trinajstić information content (AvgIpc) is 2.38. The Kier molecular flexibility index (Phi) is 4.50. The van der Waals surface area contributed by atoms with Crippen molar-refractivity contribution in [3.05, 3.63) is 58.3 Å². The molecule has 0 amide bonds. The third kappa shape index (κ3) is 3.18. The summed E-state index contributed by atoms with van der Waals surface area (Å²) in [6, 6.07) is 13.3. The predicted molar refractivity (Wildman–Crippen MR) is 76.9 cm³/mol. The van der Waals surface area contributed by atoms with E-state index < -0.39 is 0 Å². The largest absolute Gasteiger partial charge is 0.313 e. The van der Waals surface area contributed by atoms with E-state index in [-0.39, 0.29) is 5.82 Å². The summed E-state index contributed by atoms with van der Waals surface area (Å²) >= 11 is 3.45. The van der Waals surface area contributed by atoms with E-state index in [9.17, 15) is 4.39 Å². The van der Waals surface area contributed by atoms with Crippen molar-refractivity contribution >= 4 is 15.9 Å². The molecule has 0 fully saturated rings. The van der Waals surface area contributed by atoms with E-state index in [1.165, 1.54) is 6.07 Å². The minimum absolute atomic E-state index is 0.158. The molecule has 0 atom stereocenters. The van der Waals surface area contributed by atoms with Crippen LogP contribution in [0.1, 0.15) is 12.5 Å². The molecule has 0 aromatic heterocycles. The molecule has 2 rings (SSSR count). The molecule has 3 heteroatoms. The van der Waals surface area contributed by atoms with Gasteiger partial charge in [0.05, 0.1) is 0 Å². The first-order valence-electron chi connectivity index (χ1n) is 5.96. The summed E-state index contributed by atoms with van der Waals surface area (Å²) in [6.07, 6.45) is 0. The van der Waals surface area contributed by atoms with Crippen LogP contribution in [0.25, 0.3) is 11.1 Å². The Morgan fingerprint density at radius 1 is 1.11 bits per heavy atom. The number of rotatable bonds is 4. The third-order valence-electron chi connectivity index (χ3n) is 2.77. The Labute approximate surface area is 115 Å². The van der Waals surface area contributed by atoms with Gasteiger partial charge in [0.1, 0.15) is 5.82 Å². The van der Waals surface area contributed by atoms with Crippen LogP contribution in [0.4, 0.5) is 4.39 Å². The molecular formula is C15H15BrFN. The Bertz CT molecular complexity index is 540. The Balaban J connectivity index is 2.34. The van der Waals surface area contributed by atoms with Crippen molar-refractivity contribution in [2.24, 2.45) is 0 Å². The van der Waals surface area contributed by atoms with Gasteiger partial charge in [0.2, 0.25) is 0 Å². The van der Waals surface area contributed by atoms with Crippen LogP contribution in [0.15, 0.2) is 46.9 Å². The van der Waals surface area contributed by atoms with Gasteiger partial charge in [-0.3, -0.25) is 0 Å². The summed E-state index contributed by atoms with van der Waals surface area (Å²) in [4.78, 5) is 0. The summed E-state index contributed by atoms with van der Waals surface area (Å²) in [5.74, 6) is -0.158. The highest BCUT2D eigenvalue weighted by Gasteiger charge is 2.05. The lowest BCUT2D eigenvalue weighted by molar-refractivity contribution is 0.593. The second-order valence-electron chi connectivity index (χ2n) is 4.10. The molecule has 2 aromatic carbocycles. The zero-order valence-corrected chi connectivity index (χ0v) is 11.8. The Hall–Kier alpha value is -1.19. The van der Waals surface area contributed by atoms with E-state index >= 15 is 0 Å². The maximum absolute atomic E-state index is 13.6. The number of hydrogen-bond donors (Lipinski definition) is 1. The number of hydrogen-bond acceptors (Lipinski definition) is 1. The highest BCUT2D eigenvalue weighted by molar-refractivity contribution is 9.10. The molecule has 1 nitrogen and oxygen atoms in total. The van der Waals surface area contributed by atoms with Crippen molar-refractivity contribution < 1.29 is 4.39 Å². The van der Waals surface area contributed by atoms with Crippen LogP contribution in [0.5, 0.6) is 0 Å².